The van der Waals surface area contributed by atoms with E-state index in [1.165, 1.54) is 13.2 Å². The summed E-state index contributed by atoms with van der Waals surface area (Å²) in [6, 6.07) is 13.8. The Balaban J connectivity index is 0.00000220. The van der Waals surface area contributed by atoms with E-state index in [1.54, 1.807) is 25.3 Å². The van der Waals surface area contributed by atoms with E-state index in [4.69, 9.17) is 37.7 Å². The number of nitrogens with one attached hydrogen (secondary N) is 2. The molecule has 7 rings (SSSR count). The molecule has 1 aliphatic carbocycles. The normalized spacial score (nSPS) is 18.4. The van der Waals surface area contributed by atoms with Crippen LogP contribution in [0.3, 0.4) is 0 Å². The van der Waals surface area contributed by atoms with Crippen LogP contribution in [0.4, 0.5) is 20.3 Å². The molecule has 10 nitrogen and oxygen atoms in total. The third-order valence-corrected chi connectivity index (χ3v) is 9.90. The number of nitrogens with zero attached hydrogens (tertiary/aromatic N) is 4. The number of ether oxygens (including phenoxy) is 2. The largest absolute Gasteiger partial charge is 0.481 e. The summed E-state index contributed by atoms with van der Waals surface area (Å²) in [6.45, 7) is 4.90. The molecule has 3 unspecified atom stereocenters. The zero-order valence-corrected chi connectivity index (χ0v) is 30.0. The van der Waals surface area contributed by atoms with Gasteiger partial charge in [-0.3, -0.25) is 4.79 Å². The Kier molecular flexibility index (Phi) is 11.2. The molecular weight excluding hydrogens is 701 g/mol. The van der Waals surface area contributed by atoms with Gasteiger partial charge in [0.1, 0.15) is 11.5 Å². The fourth-order valence-electron chi connectivity index (χ4n) is 6.62. The molecule has 4 heterocycles. The summed E-state index contributed by atoms with van der Waals surface area (Å²) in [5.41, 5.74) is 3.86. The highest BCUT2D eigenvalue weighted by Gasteiger charge is 2.33. The van der Waals surface area contributed by atoms with Crippen LogP contribution in [0.1, 0.15) is 56.0 Å². The Morgan fingerprint density at radius 2 is 1.76 bits per heavy atom. The van der Waals surface area contributed by atoms with E-state index in [1.807, 2.05) is 38.1 Å². The van der Waals surface area contributed by atoms with Crippen molar-refractivity contribution in [1.29, 1.82) is 0 Å². The van der Waals surface area contributed by atoms with Crippen molar-refractivity contribution in [2.24, 2.45) is 7.05 Å². The number of aryl methyl sites for hydroxylation is 2. The number of methoxy groups -OCH3 is 1. The molecule has 0 amide bonds. The fourth-order valence-corrected chi connectivity index (χ4v) is 7.22. The summed E-state index contributed by atoms with van der Waals surface area (Å²) in [5, 5.41) is 22.0. The van der Waals surface area contributed by atoms with Gasteiger partial charge in [-0.1, -0.05) is 67.4 Å². The minimum Gasteiger partial charge on any atom is -0.481 e. The molecule has 51 heavy (non-hydrogen) atoms. The number of aliphatic hydroxyl groups is 1. The molecule has 5 aromatic rings. The topological polar surface area (TPSA) is 123 Å². The summed E-state index contributed by atoms with van der Waals surface area (Å²) < 4.78 is 39.8. The third kappa shape index (κ3) is 7.16. The summed E-state index contributed by atoms with van der Waals surface area (Å²) in [5.74, 6) is 0.421. The van der Waals surface area contributed by atoms with Crippen LogP contribution in [-0.4, -0.2) is 57.3 Å². The second-order valence-corrected chi connectivity index (χ2v) is 12.8. The second-order valence-electron chi connectivity index (χ2n) is 12.1. The highest BCUT2D eigenvalue weighted by Crippen LogP contribution is 2.44. The van der Waals surface area contributed by atoms with Gasteiger partial charge in [0.2, 0.25) is 5.88 Å². The van der Waals surface area contributed by atoms with Gasteiger partial charge in [0.15, 0.2) is 0 Å². The van der Waals surface area contributed by atoms with E-state index in [0.29, 0.717) is 58.6 Å². The zero-order chi connectivity index (χ0) is 36.4. The van der Waals surface area contributed by atoms with E-state index in [-0.39, 0.29) is 33.7 Å². The fraction of sp³-hybridized carbons (Fsp3) is 0.351. The molecule has 3 atom stereocenters. The monoisotopic (exact) mass is 738 g/mol. The van der Waals surface area contributed by atoms with Gasteiger partial charge in [-0.2, -0.15) is 5.10 Å². The number of pyridine rings is 2. The minimum atomic E-state index is -2.87. The van der Waals surface area contributed by atoms with Gasteiger partial charge in [0.05, 0.1) is 52.8 Å². The summed E-state index contributed by atoms with van der Waals surface area (Å²) >= 11 is 14.1. The number of aliphatic hydroxyl groups excluding tert-OH is 1. The lowest BCUT2D eigenvalue weighted by Crippen LogP contribution is -2.47. The van der Waals surface area contributed by atoms with E-state index >= 15 is 0 Å². The third-order valence-electron chi connectivity index (χ3n) is 9.08. The summed E-state index contributed by atoms with van der Waals surface area (Å²) in [4.78, 5) is 21.9. The van der Waals surface area contributed by atoms with Gasteiger partial charge in [-0.15, -0.1) is 0 Å². The van der Waals surface area contributed by atoms with Gasteiger partial charge in [-0.25, -0.2) is 23.4 Å². The maximum atomic E-state index is 13.8. The molecule has 2 aromatic carbocycles. The van der Waals surface area contributed by atoms with Gasteiger partial charge in [-0.05, 0) is 43.0 Å². The molecule has 0 saturated carbocycles. The summed E-state index contributed by atoms with van der Waals surface area (Å²) in [6.07, 6.45) is 0.231. The number of fused-ring (bicyclic) bond motifs is 2. The molecule has 14 heteroatoms. The van der Waals surface area contributed by atoms with Crippen molar-refractivity contribution in [3.8, 4) is 28.3 Å². The number of halogens is 4. The molecule has 3 aromatic heterocycles. The molecule has 0 spiro atoms. The van der Waals surface area contributed by atoms with Crippen molar-refractivity contribution in [3.05, 3.63) is 91.9 Å². The number of hydrogen-bond donors (Lipinski definition) is 3. The number of anilines is 2. The predicted octanol–water partition coefficient (Wildman–Crippen LogP) is 7.81. The first-order valence-corrected chi connectivity index (χ1v) is 17.5. The van der Waals surface area contributed by atoms with Gasteiger partial charge in [0.25, 0.3) is 12.0 Å². The highest BCUT2D eigenvalue weighted by molar-refractivity contribution is 6.39. The van der Waals surface area contributed by atoms with Crippen LogP contribution in [0.25, 0.3) is 33.2 Å². The molecular formula is C37H38Cl2F2N6O4. The van der Waals surface area contributed by atoms with Crippen molar-refractivity contribution in [1.82, 2.24) is 25.1 Å². The quantitative estimate of drug-likeness (QED) is 0.146. The lowest BCUT2D eigenvalue weighted by Gasteiger charge is -2.31. The lowest BCUT2D eigenvalue weighted by atomic mass is 9.99. The van der Waals surface area contributed by atoms with Crippen LogP contribution in [0.2, 0.25) is 10.0 Å². The van der Waals surface area contributed by atoms with E-state index in [2.05, 4.69) is 20.7 Å². The number of hydrogen-bond acceptors (Lipinski definition) is 9. The maximum Gasteiger partial charge on any atom is 0.280 e. The van der Waals surface area contributed by atoms with Crippen molar-refractivity contribution in [2.45, 2.75) is 57.7 Å². The zero-order valence-electron chi connectivity index (χ0n) is 28.5. The van der Waals surface area contributed by atoms with Crippen molar-refractivity contribution < 1.29 is 23.4 Å². The van der Waals surface area contributed by atoms with E-state index in [0.717, 1.165) is 34.7 Å². The lowest BCUT2D eigenvalue weighted by molar-refractivity contribution is -0.0304. The molecule has 1 saturated heterocycles. The molecule has 0 bridgehead atoms. The maximum absolute atomic E-state index is 13.8. The van der Waals surface area contributed by atoms with Gasteiger partial charge in [0, 0.05) is 53.4 Å². The Morgan fingerprint density at radius 1 is 1.04 bits per heavy atom. The molecule has 0 radical (unpaired) electrons. The van der Waals surface area contributed by atoms with Gasteiger partial charge < -0.3 is 25.2 Å². The molecule has 2 aliphatic rings. The van der Waals surface area contributed by atoms with Gasteiger partial charge >= 0.3 is 0 Å². The standard InChI is InChI=1S/C35H32Cl2F2N6O4.C2H6/c1-45-35(47)29-18(15-40-45)14-26(32(38)39)43-33(29)42-24-8-4-6-20(31(24)37)19-5-3-7-21(30(19)36)25-13-17-9-10-23(28(17)34(44-25)48-2)41-22-11-12-49-16-27(22)46;1-2/h3-8,13-15,22-23,27,32,41,46H,9-12,16H2,1-2H3,(H,42,43);1-2H3. The van der Waals surface area contributed by atoms with E-state index < -0.39 is 23.8 Å². The van der Waals surface area contributed by atoms with Crippen molar-refractivity contribution in [3.63, 3.8) is 0 Å². The Labute approximate surface area is 303 Å². The Morgan fingerprint density at radius 3 is 2.49 bits per heavy atom. The number of alkyl halides is 2. The van der Waals surface area contributed by atoms with Crippen LogP contribution in [0, 0.1) is 0 Å². The van der Waals surface area contributed by atoms with Crippen molar-refractivity contribution >= 4 is 45.5 Å². The molecule has 1 fully saturated rings. The van der Waals surface area contributed by atoms with Crippen LogP contribution in [0.5, 0.6) is 5.88 Å². The first kappa shape index (κ1) is 36.6. The number of rotatable bonds is 8. The predicted molar refractivity (Wildman–Crippen MR) is 195 cm³/mol. The first-order chi connectivity index (χ1) is 24.6. The van der Waals surface area contributed by atoms with Crippen LogP contribution in [0.15, 0.2) is 59.5 Å². The minimum absolute atomic E-state index is 0.0236. The number of benzene rings is 2. The summed E-state index contributed by atoms with van der Waals surface area (Å²) in [7, 11) is 3.05. The van der Waals surface area contributed by atoms with E-state index in [9.17, 15) is 18.7 Å². The van der Waals surface area contributed by atoms with Crippen LogP contribution >= 0.6 is 23.2 Å². The SMILES string of the molecule is CC.COc1nc(-c2cccc(-c3cccc(Nc4nc(C(F)F)cc5cnn(C)c(=O)c45)c3Cl)c2Cl)cc2c1C(NC1CCOCC1O)CC2. The molecule has 268 valence electrons. The Hall–Kier alpha value is -4.20. The Bertz CT molecular complexity index is 2130. The van der Waals surface area contributed by atoms with Crippen LogP contribution < -0.4 is 20.9 Å². The van der Waals surface area contributed by atoms with Crippen LogP contribution in [-0.2, 0) is 18.2 Å². The second kappa shape index (κ2) is 15.6. The van der Waals surface area contributed by atoms with Crippen molar-refractivity contribution in [2.75, 3.05) is 25.6 Å². The average molecular weight is 740 g/mol. The highest BCUT2D eigenvalue weighted by atomic mass is 35.5. The number of aromatic nitrogens is 4. The average Bonchev–Trinajstić information content (AvgIpc) is 3.54. The molecule has 3 N–H and O–H groups in total. The smallest absolute Gasteiger partial charge is 0.280 e. The first-order valence-electron chi connectivity index (χ1n) is 16.7. The molecule has 1 aliphatic heterocycles.